The number of hydrogen-bond donors (Lipinski definition) is 2. The van der Waals surface area contributed by atoms with Crippen molar-refractivity contribution in [1.29, 1.82) is 0 Å². The topological polar surface area (TPSA) is 89.6 Å². The van der Waals surface area contributed by atoms with Gasteiger partial charge in [-0.1, -0.05) is 0 Å². The molecular weight excluding hydrogens is 186 g/mol. The van der Waals surface area contributed by atoms with E-state index in [0.717, 1.165) is 0 Å². The van der Waals surface area contributed by atoms with Gasteiger partial charge >= 0.3 is 5.97 Å². The van der Waals surface area contributed by atoms with Crippen molar-refractivity contribution in [2.45, 2.75) is 12.5 Å². The Morgan fingerprint density at radius 3 is 2.42 bits per heavy atom. The fraction of sp³-hybridized carbons (Fsp3) is 0.667. The van der Waals surface area contributed by atoms with Gasteiger partial charge in [-0.2, -0.15) is 0 Å². The number of hydrogen-bond acceptors (Lipinski definition) is 5. The normalized spacial score (nSPS) is 11.2. The van der Waals surface area contributed by atoms with Gasteiger partial charge in [-0.3, -0.25) is 9.59 Å². The summed E-state index contributed by atoms with van der Waals surface area (Å²) in [6, 6.07) is -0.959. The fourth-order valence-electron chi connectivity index (χ4n) is 0.545. The number of esters is 1. The summed E-state index contributed by atoms with van der Waals surface area (Å²) in [5, 5.41) is 8.28. The van der Waals surface area contributed by atoms with E-state index < -0.39 is 24.4 Å². The van der Waals surface area contributed by atoms with E-state index >= 15 is 0 Å². The van der Waals surface area contributed by atoms with Gasteiger partial charge in [0.05, 0.1) is 7.11 Å². The molecule has 0 aliphatic heterocycles. The van der Waals surface area contributed by atoms with Crippen LogP contribution in [-0.4, -0.2) is 36.6 Å². The third-order valence-electron chi connectivity index (χ3n) is 1.13. The molecule has 0 fully saturated rings. The first kappa shape index (κ1) is 13.9. The second-order valence-corrected chi connectivity index (χ2v) is 2.03. The molecule has 0 unspecified atom stereocenters. The van der Waals surface area contributed by atoms with Crippen LogP contribution in [-0.2, 0) is 14.3 Å². The molecule has 0 radical (unpaired) electrons. The fourth-order valence-corrected chi connectivity index (χ4v) is 0.545. The Morgan fingerprint density at radius 1 is 1.58 bits per heavy atom. The van der Waals surface area contributed by atoms with E-state index in [0.29, 0.717) is 0 Å². The van der Waals surface area contributed by atoms with Crippen molar-refractivity contribution in [3.8, 4) is 0 Å². The van der Waals surface area contributed by atoms with E-state index in [1.807, 2.05) is 0 Å². The number of ketones is 1. The van der Waals surface area contributed by atoms with Crippen LogP contribution in [0, 0.1) is 0 Å². The zero-order valence-electron chi connectivity index (χ0n) is 6.65. The molecule has 0 aromatic heterocycles. The lowest BCUT2D eigenvalue weighted by Gasteiger charge is -2.05. The van der Waals surface area contributed by atoms with Crippen molar-refractivity contribution in [2.75, 3.05) is 13.7 Å². The van der Waals surface area contributed by atoms with Crippen LogP contribution < -0.4 is 5.73 Å². The summed E-state index contributed by atoms with van der Waals surface area (Å²) < 4.78 is 4.26. The minimum atomic E-state index is -0.959. The molecule has 3 N–H and O–H groups in total. The molecule has 1 atom stereocenters. The van der Waals surface area contributed by atoms with Crippen LogP contribution in [0.1, 0.15) is 6.42 Å². The van der Waals surface area contributed by atoms with Gasteiger partial charge in [-0.15, -0.1) is 12.4 Å². The van der Waals surface area contributed by atoms with E-state index in [2.05, 4.69) is 4.74 Å². The van der Waals surface area contributed by atoms with Gasteiger partial charge in [-0.25, -0.2) is 0 Å². The molecular formula is C6H12ClNO4. The monoisotopic (exact) mass is 197 g/mol. The highest BCUT2D eigenvalue weighted by atomic mass is 35.5. The number of nitrogens with two attached hydrogens (primary N) is 1. The lowest BCUT2D eigenvalue weighted by molar-refractivity contribution is -0.143. The van der Waals surface area contributed by atoms with Gasteiger partial charge in [-0.05, 0) is 0 Å². The number of carbonyl (C=O) groups is 2. The van der Waals surface area contributed by atoms with Crippen LogP contribution in [0.4, 0.5) is 0 Å². The van der Waals surface area contributed by atoms with Crippen molar-refractivity contribution >= 4 is 24.2 Å². The number of carbonyl (C=O) groups excluding carboxylic acids is 2. The molecule has 0 aliphatic carbocycles. The first-order valence-electron chi connectivity index (χ1n) is 3.07. The molecule has 0 aromatic carbocycles. The quantitative estimate of drug-likeness (QED) is 0.556. The maximum Gasteiger partial charge on any atom is 0.323 e. The minimum Gasteiger partial charge on any atom is -0.468 e. The molecule has 0 heterocycles. The summed E-state index contributed by atoms with van der Waals surface area (Å²) >= 11 is 0. The Morgan fingerprint density at radius 2 is 2.08 bits per heavy atom. The Balaban J connectivity index is 0. The van der Waals surface area contributed by atoms with Gasteiger partial charge in [0, 0.05) is 6.42 Å². The molecule has 0 aliphatic rings. The standard InChI is InChI=1S/C6H11NO4.ClH/c1-11-6(10)5(7)2-4(9)3-8;/h5,8H,2-3,7H2,1H3;1H/t5-;/m0./s1. The van der Waals surface area contributed by atoms with Crippen molar-refractivity contribution in [3.05, 3.63) is 0 Å². The maximum absolute atomic E-state index is 10.6. The second kappa shape index (κ2) is 7.02. The Kier molecular flexibility index (Phi) is 8.14. The minimum absolute atomic E-state index is 0. The molecule has 0 amide bonds. The Hall–Kier alpha value is -0.650. The number of aliphatic hydroxyl groups is 1. The van der Waals surface area contributed by atoms with Crippen molar-refractivity contribution in [1.82, 2.24) is 0 Å². The molecule has 0 saturated carbocycles. The van der Waals surface area contributed by atoms with E-state index in [-0.39, 0.29) is 18.8 Å². The highest BCUT2D eigenvalue weighted by molar-refractivity contribution is 5.86. The molecule has 5 nitrogen and oxygen atoms in total. The van der Waals surface area contributed by atoms with Gasteiger partial charge in [0.15, 0.2) is 5.78 Å². The van der Waals surface area contributed by atoms with Crippen molar-refractivity contribution < 1.29 is 19.4 Å². The Bertz CT molecular complexity index is 162. The average Bonchev–Trinajstić information content (AvgIpc) is 2.02. The molecule has 0 bridgehead atoms. The van der Waals surface area contributed by atoms with Crippen LogP contribution in [0.5, 0.6) is 0 Å². The summed E-state index contributed by atoms with van der Waals surface area (Å²) in [4.78, 5) is 21.1. The summed E-state index contributed by atoms with van der Waals surface area (Å²) in [7, 11) is 1.19. The summed E-state index contributed by atoms with van der Waals surface area (Å²) in [5.74, 6) is -1.12. The van der Waals surface area contributed by atoms with Crippen LogP contribution in [0.2, 0.25) is 0 Å². The van der Waals surface area contributed by atoms with Crippen molar-refractivity contribution in [3.63, 3.8) is 0 Å². The van der Waals surface area contributed by atoms with Crippen molar-refractivity contribution in [2.24, 2.45) is 5.73 Å². The molecule has 72 valence electrons. The molecule has 12 heavy (non-hydrogen) atoms. The van der Waals surface area contributed by atoms with Crippen LogP contribution in [0.25, 0.3) is 0 Å². The van der Waals surface area contributed by atoms with E-state index in [1.54, 1.807) is 0 Å². The number of methoxy groups -OCH3 is 1. The first-order chi connectivity index (χ1) is 5.11. The number of aliphatic hydroxyl groups excluding tert-OH is 1. The van der Waals surface area contributed by atoms with Crippen LogP contribution in [0.15, 0.2) is 0 Å². The predicted octanol–water partition coefficient (Wildman–Crippen LogP) is -1.14. The van der Waals surface area contributed by atoms with Gasteiger partial charge in [0.25, 0.3) is 0 Å². The number of rotatable bonds is 4. The lowest BCUT2D eigenvalue weighted by atomic mass is 10.1. The second-order valence-electron chi connectivity index (χ2n) is 2.03. The third-order valence-corrected chi connectivity index (χ3v) is 1.13. The van der Waals surface area contributed by atoms with Crippen LogP contribution in [0.3, 0.4) is 0 Å². The average molecular weight is 198 g/mol. The maximum atomic E-state index is 10.6. The highest BCUT2D eigenvalue weighted by Crippen LogP contribution is 1.91. The zero-order chi connectivity index (χ0) is 8.85. The number of ether oxygens (including phenoxy) is 1. The third kappa shape index (κ3) is 5.06. The van der Waals surface area contributed by atoms with Gasteiger partial charge in [0.1, 0.15) is 12.6 Å². The smallest absolute Gasteiger partial charge is 0.323 e. The van der Waals surface area contributed by atoms with E-state index in [4.69, 9.17) is 10.8 Å². The van der Waals surface area contributed by atoms with Gasteiger partial charge < -0.3 is 15.6 Å². The summed E-state index contributed by atoms with van der Waals surface area (Å²) in [5.41, 5.74) is 5.20. The summed E-state index contributed by atoms with van der Waals surface area (Å²) in [6.07, 6.45) is -0.177. The summed E-state index contributed by atoms with van der Waals surface area (Å²) in [6.45, 7) is -0.593. The number of halogens is 1. The molecule has 6 heteroatoms. The van der Waals surface area contributed by atoms with E-state index in [1.165, 1.54) is 7.11 Å². The largest absolute Gasteiger partial charge is 0.468 e. The number of Topliss-reactive ketones (excluding diaryl/α,β-unsaturated/α-hetero) is 1. The SMILES string of the molecule is COC(=O)[C@@H](N)CC(=O)CO.Cl. The van der Waals surface area contributed by atoms with Gasteiger partial charge in [0.2, 0.25) is 0 Å². The lowest BCUT2D eigenvalue weighted by Crippen LogP contribution is -2.34. The Labute approximate surface area is 76.3 Å². The van der Waals surface area contributed by atoms with Crippen LogP contribution >= 0.6 is 12.4 Å². The molecule has 0 spiro atoms. The van der Waals surface area contributed by atoms with E-state index in [9.17, 15) is 9.59 Å². The highest BCUT2D eigenvalue weighted by Gasteiger charge is 2.16. The first-order valence-corrected chi connectivity index (χ1v) is 3.07. The molecule has 0 aromatic rings. The predicted molar refractivity (Wildman–Crippen MR) is 43.9 cm³/mol. The zero-order valence-corrected chi connectivity index (χ0v) is 7.47. The molecule has 0 saturated heterocycles. The molecule has 0 rings (SSSR count).